The first-order chi connectivity index (χ1) is 20.3. The van der Waals surface area contributed by atoms with Crippen LogP contribution in [0, 0.1) is 5.92 Å². The van der Waals surface area contributed by atoms with Gasteiger partial charge in [0.1, 0.15) is 12.2 Å². The van der Waals surface area contributed by atoms with Gasteiger partial charge in [0.25, 0.3) is 5.56 Å². The largest absolute Gasteiger partial charge is 0.415 e. The summed E-state index contributed by atoms with van der Waals surface area (Å²) in [5.74, 6) is -1.87. The van der Waals surface area contributed by atoms with Crippen molar-refractivity contribution in [3.8, 4) is 22.4 Å². The Kier molecular flexibility index (Phi) is 10.7. The standard InChI is InChI=1S/C27H38F3N3O4Si.C6H4/c1-17(2)23(24(27(28,29)30)37-38(7,8)26(4,5)6)32-22(35)16-33-21(19-12-10-9-11-13-19)15-14-20(25(33)36)31-18(3)34;1-2-5-4-6(5)3-1/h9-15,17,23-24H,16H2,1-8H3,(H,31,34)(H,32,35);1-4H. The summed E-state index contributed by atoms with van der Waals surface area (Å²) in [5, 5.41) is 4.46. The zero-order valence-corrected chi connectivity index (χ0v) is 27.5. The number of halogens is 3. The molecule has 1 heterocycles. The van der Waals surface area contributed by atoms with Crippen LogP contribution >= 0.6 is 0 Å². The molecular weight excluding hydrogens is 587 g/mol. The van der Waals surface area contributed by atoms with Gasteiger partial charge in [0.2, 0.25) is 11.8 Å². The van der Waals surface area contributed by atoms with Crippen LogP contribution in [-0.4, -0.2) is 43.0 Å². The van der Waals surface area contributed by atoms with Crippen LogP contribution < -0.4 is 16.2 Å². The summed E-state index contributed by atoms with van der Waals surface area (Å²) in [6.45, 7) is 12.8. The van der Waals surface area contributed by atoms with E-state index in [4.69, 9.17) is 4.43 Å². The minimum atomic E-state index is -4.73. The van der Waals surface area contributed by atoms with Crippen LogP contribution in [-0.2, 0) is 20.6 Å². The molecule has 0 spiro atoms. The van der Waals surface area contributed by atoms with Gasteiger partial charge in [0.15, 0.2) is 14.4 Å². The summed E-state index contributed by atoms with van der Waals surface area (Å²) in [7, 11) is -2.86. The summed E-state index contributed by atoms with van der Waals surface area (Å²) in [5.41, 5.74) is 3.17. The predicted molar refractivity (Wildman–Crippen MR) is 171 cm³/mol. The fraction of sp³-hybridized carbons (Fsp3) is 0.424. The van der Waals surface area contributed by atoms with Crippen molar-refractivity contribution < 1.29 is 27.2 Å². The first kappa shape index (κ1) is 34.8. The number of benzene rings is 2. The lowest BCUT2D eigenvalue weighted by atomic mass is 9.98. The number of carbonyl (C=O) groups is 2. The highest BCUT2D eigenvalue weighted by Gasteiger charge is 2.52. The molecule has 0 radical (unpaired) electrons. The third-order valence-corrected chi connectivity index (χ3v) is 12.3. The Hall–Kier alpha value is -3.70. The van der Waals surface area contributed by atoms with Gasteiger partial charge in [-0.3, -0.25) is 19.0 Å². The summed E-state index contributed by atoms with van der Waals surface area (Å²) in [6.07, 6.45) is -6.95. The lowest BCUT2D eigenvalue weighted by Crippen LogP contribution is -2.59. The molecule has 2 N–H and O–H groups in total. The number of pyridine rings is 1. The van der Waals surface area contributed by atoms with E-state index >= 15 is 0 Å². The average molecular weight is 630 g/mol. The Bertz CT molecular complexity index is 1510. The molecule has 0 bridgehead atoms. The van der Waals surface area contributed by atoms with Gasteiger partial charge in [0.05, 0.1) is 11.7 Å². The Balaban J connectivity index is 0.000000769. The molecule has 1 aromatic carbocycles. The Morgan fingerprint density at radius 1 is 0.909 bits per heavy atom. The smallest absolute Gasteiger partial charge is 0.404 e. The number of nitrogens with one attached hydrogen (secondary N) is 2. The van der Waals surface area contributed by atoms with Crippen LogP contribution in [0.3, 0.4) is 0 Å². The average Bonchev–Trinajstić information content (AvgIpc) is 3.51. The van der Waals surface area contributed by atoms with E-state index in [1.54, 1.807) is 63.3 Å². The van der Waals surface area contributed by atoms with Crippen molar-refractivity contribution in [1.29, 1.82) is 0 Å². The molecule has 0 saturated carbocycles. The fourth-order valence-electron chi connectivity index (χ4n) is 4.36. The van der Waals surface area contributed by atoms with Gasteiger partial charge in [-0.1, -0.05) is 83.1 Å². The second kappa shape index (κ2) is 13.5. The number of nitrogens with zero attached hydrogens (tertiary/aromatic N) is 1. The maximum atomic E-state index is 14.3. The molecule has 1 aromatic heterocycles. The topological polar surface area (TPSA) is 89.4 Å². The van der Waals surface area contributed by atoms with Gasteiger partial charge in [-0.2, -0.15) is 13.2 Å². The number of anilines is 1. The fourth-order valence-corrected chi connectivity index (χ4v) is 5.63. The van der Waals surface area contributed by atoms with E-state index < -0.39 is 61.5 Å². The first-order valence-corrected chi connectivity index (χ1v) is 17.4. The molecule has 4 rings (SSSR count). The van der Waals surface area contributed by atoms with Gasteiger partial charge in [-0.05, 0) is 58.9 Å². The summed E-state index contributed by atoms with van der Waals surface area (Å²) in [4.78, 5) is 38.0. The molecule has 2 atom stereocenters. The van der Waals surface area contributed by atoms with Crippen molar-refractivity contribution in [2.45, 2.75) is 84.5 Å². The molecule has 0 saturated heterocycles. The lowest BCUT2D eigenvalue weighted by molar-refractivity contribution is -0.210. The van der Waals surface area contributed by atoms with E-state index in [9.17, 15) is 27.6 Å². The van der Waals surface area contributed by atoms with Crippen molar-refractivity contribution in [2.75, 3.05) is 5.32 Å². The Labute approximate surface area is 258 Å². The second-order valence-corrected chi connectivity index (χ2v) is 17.6. The molecule has 2 aliphatic carbocycles. The molecule has 2 aliphatic rings. The van der Waals surface area contributed by atoms with Crippen molar-refractivity contribution in [2.24, 2.45) is 5.92 Å². The maximum absolute atomic E-state index is 14.3. The third-order valence-electron chi connectivity index (χ3n) is 7.89. The zero-order chi connectivity index (χ0) is 33.0. The molecule has 238 valence electrons. The van der Waals surface area contributed by atoms with E-state index in [0.717, 1.165) is 4.57 Å². The number of rotatable bonds is 9. The van der Waals surface area contributed by atoms with Gasteiger partial charge < -0.3 is 15.1 Å². The highest BCUT2D eigenvalue weighted by molar-refractivity contribution is 6.74. The molecular formula is C33H42F3N3O4Si. The quantitative estimate of drug-likeness (QED) is 0.191. The molecule has 2 amide bonds. The van der Waals surface area contributed by atoms with Gasteiger partial charge in [-0.15, -0.1) is 0 Å². The summed E-state index contributed by atoms with van der Waals surface area (Å²) >= 11 is 0. The minimum absolute atomic E-state index is 0.0418. The Morgan fingerprint density at radius 3 is 1.91 bits per heavy atom. The van der Waals surface area contributed by atoms with Gasteiger partial charge >= 0.3 is 6.18 Å². The van der Waals surface area contributed by atoms with Crippen molar-refractivity contribution in [1.82, 2.24) is 9.88 Å². The van der Waals surface area contributed by atoms with Crippen LogP contribution in [0.25, 0.3) is 22.4 Å². The summed E-state index contributed by atoms with van der Waals surface area (Å²) in [6, 6.07) is 18.9. The normalized spacial score (nSPS) is 13.8. The third kappa shape index (κ3) is 8.92. The zero-order valence-electron chi connectivity index (χ0n) is 26.5. The molecule has 11 heteroatoms. The van der Waals surface area contributed by atoms with Crippen LogP contribution in [0.15, 0.2) is 71.5 Å². The maximum Gasteiger partial charge on any atom is 0.415 e. The molecule has 44 heavy (non-hydrogen) atoms. The molecule has 7 nitrogen and oxygen atoms in total. The van der Waals surface area contributed by atoms with Crippen LogP contribution in [0.2, 0.25) is 18.1 Å². The lowest BCUT2D eigenvalue weighted by Gasteiger charge is -2.42. The number of amides is 2. The predicted octanol–water partition coefficient (Wildman–Crippen LogP) is 7.23. The van der Waals surface area contributed by atoms with Gasteiger partial charge in [-0.25, -0.2) is 0 Å². The highest BCUT2D eigenvalue weighted by atomic mass is 28.4. The SMILES string of the molecule is CC(=O)Nc1ccc(-c2ccccc2)n(CC(=O)NC(C(C)C)C(O[Si](C)(C)C(C)(C)C)C(F)(F)F)c1=O.c1cc2cc-2c1. The number of carbonyl (C=O) groups excluding carboxylic acids is 2. The first-order valence-electron chi connectivity index (χ1n) is 14.5. The van der Waals surface area contributed by atoms with E-state index in [1.165, 1.54) is 24.1 Å². The van der Waals surface area contributed by atoms with Crippen molar-refractivity contribution in [3.63, 3.8) is 0 Å². The van der Waals surface area contributed by atoms with E-state index in [0.29, 0.717) is 11.3 Å². The van der Waals surface area contributed by atoms with Crippen LogP contribution in [0.5, 0.6) is 0 Å². The van der Waals surface area contributed by atoms with E-state index in [1.807, 2.05) is 20.8 Å². The Morgan fingerprint density at radius 2 is 1.48 bits per heavy atom. The summed E-state index contributed by atoms with van der Waals surface area (Å²) < 4.78 is 49.9. The molecule has 0 aliphatic heterocycles. The second-order valence-electron chi connectivity index (χ2n) is 12.8. The number of aromatic nitrogens is 1. The van der Waals surface area contributed by atoms with E-state index in [2.05, 4.69) is 34.9 Å². The number of fused-ring (bicyclic) bond motifs is 1. The number of alkyl halides is 3. The number of hydrogen-bond donors (Lipinski definition) is 2. The van der Waals surface area contributed by atoms with E-state index in [-0.39, 0.29) is 5.69 Å². The minimum Gasteiger partial charge on any atom is -0.404 e. The molecule has 2 aromatic rings. The van der Waals surface area contributed by atoms with Crippen molar-refractivity contribution >= 4 is 25.8 Å². The highest BCUT2D eigenvalue weighted by Crippen LogP contribution is 2.41. The molecule has 0 fully saturated rings. The molecule has 2 unspecified atom stereocenters. The van der Waals surface area contributed by atoms with Gasteiger partial charge in [0, 0.05) is 6.92 Å². The van der Waals surface area contributed by atoms with Crippen LogP contribution in [0.4, 0.5) is 18.9 Å². The monoisotopic (exact) mass is 629 g/mol. The number of hydrogen-bond acceptors (Lipinski definition) is 4. The van der Waals surface area contributed by atoms with Crippen LogP contribution in [0.1, 0.15) is 41.5 Å². The van der Waals surface area contributed by atoms with Crippen molar-refractivity contribution in [3.05, 3.63) is 77.1 Å².